The Labute approximate surface area is 105 Å². The van der Waals surface area contributed by atoms with Crippen LogP contribution in [0.5, 0.6) is 0 Å². The minimum Gasteiger partial charge on any atom is -0.376 e. The highest BCUT2D eigenvalue weighted by atomic mass is 33.1. The van der Waals surface area contributed by atoms with Crippen LogP contribution in [0.4, 0.5) is 0 Å². The molecule has 0 saturated heterocycles. The predicted octanol–water partition coefficient (Wildman–Crippen LogP) is 2.79. The summed E-state index contributed by atoms with van der Waals surface area (Å²) in [6, 6.07) is 0. The summed E-state index contributed by atoms with van der Waals surface area (Å²) in [4.78, 5) is 0. The second-order valence-corrected chi connectivity index (χ2v) is 5.51. The summed E-state index contributed by atoms with van der Waals surface area (Å²) in [6.07, 6.45) is 1.23. The first-order chi connectivity index (χ1) is 7.26. The van der Waals surface area contributed by atoms with Gasteiger partial charge in [0, 0.05) is 25.6 Å². The topological polar surface area (TPSA) is 27.7 Å². The van der Waals surface area contributed by atoms with Gasteiger partial charge in [0.05, 0.1) is 0 Å². The molecule has 0 aliphatic carbocycles. The van der Waals surface area contributed by atoms with Gasteiger partial charge in [-0.15, -0.1) is 11.7 Å². The van der Waals surface area contributed by atoms with Crippen molar-refractivity contribution in [3.63, 3.8) is 0 Å². The summed E-state index contributed by atoms with van der Waals surface area (Å²) in [5.74, 6) is 1.17. The predicted molar refractivity (Wildman–Crippen MR) is 73.8 cm³/mol. The van der Waals surface area contributed by atoms with Gasteiger partial charge < -0.3 is 13.3 Å². The van der Waals surface area contributed by atoms with E-state index in [1.165, 1.54) is 12.2 Å². The zero-order valence-corrected chi connectivity index (χ0v) is 13.1. The van der Waals surface area contributed by atoms with Crippen molar-refractivity contribution in [1.29, 1.82) is 0 Å². The molecule has 0 aromatic rings. The lowest BCUT2D eigenvalue weighted by Gasteiger charge is -2.12. The van der Waals surface area contributed by atoms with Crippen molar-refractivity contribution < 1.29 is 13.3 Å². The van der Waals surface area contributed by atoms with Gasteiger partial charge in [0.25, 0.3) is 0 Å². The van der Waals surface area contributed by atoms with E-state index < -0.39 is 9.53 Å². The second-order valence-electron chi connectivity index (χ2n) is 2.49. The lowest BCUT2D eigenvalue weighted by Crippen LogP contribution is -2.27. The van der Waals surface area contributed by atoms with E-state index in [0.29, 0.717) is 19.8 Å². The standard InChI is InChI=1S/C6H16O3Si.C3H8S2/c1-4-7-10(8-5-2)9-6-3;1-2-3-5-4/h10H,4-6H2,1-3H3;4H,2-3H2,1H3. The molecule has 0 radical (unpaired) electrons. The Morgan fingerprint density at radius 3 is 1.47 bits per heavy atom. The summed E-state index contributed by atoms with van der Waals surface area (Å²) >= 11 is 3.92. The van der Waals surface area contributed by atoms with E-state index in [1.807, 2.05) is 20.8 Å². The number of hydrogen-bond acceptors (Lipinski definition) is 5. The fraction of sp³-hybridized carbons (Fsp3) is 1.00. The van der Waals surface area contributed by atoms with Gasteiger partial charge in [0.1, 0.15) is 0 Å². The van der Waals surface area contributed by atoms with Crippen molar-refractivity contribution in [3.8, 4) is 0 Å². The van der Waals surface area contributed by atoms with Gasteiger partial charge in [0.15, 0.2) is 0 Å². The van der Waals surface area contributed by atoms with Gasteiger partial charge in [-0.3, -0.25) is 0 Å². The fourth-order valence-electron chi connectivity index (χ4n) is 0.644. The molecule has 0 aromatic heterocycles. The summed E-state index contributed by atoms with van der Waals surface area (Å²) in [5.41, 5.74) is 0. The summed E-state index contributed by atoms with van der Waals surface area (Å²) in [5, 5.41) is 0. The van der Waals surface area contributed by atoms with E-state index in [4.69, 9.17) is 13.3 Å². The molecule has 0 atom stereocenters. The molecule has 94 valence electrons. The molecule has 0 heterocycles. The van der Waals surface area contributed by atoms with E-state index in [2.05, 4.69) is 18.6 Å². The lowest BCUT2D eigenvalue weighted by molar-refractivity contribution is 0.107. The Morgan fingerprint density at radius 2 is 1.33 bits per heavy atom. The quantitative estimate of drug-likeness (QED) is 0.418. The Bertz CT molecular complexity index is 93.1. The third-order valence-corrected chi connectivity index (χ3v) is 4.16. The third-order valence-electron chi connectivity index (χ3n) is 1.20. The van der Waals surface area contributed by atoms with Gasteiger partial charge in [-0.05, 0) is 27.2 Å². The molecular weight excluding hydrogens is 248 g/mol. The molecule has 0 bridgehead atoms. The Balaban J connectivity index is 0. The highest BCUT2D eigenvalue weighted by molar-refractivity contribution is 8.68. The zero-order chi connectivity index (χ0) is 11.9. The van der Waals surface area contributed by atoms with Gasteiger partial charge in [-0.2, -0.15) is 0 Å². The normalized spacial score (nSPS) is 10.0. The minimum absolute atomic E-state index is 0.677. The van der Waals surface area contributed by atoms with Gasteiger partial charge in [0.2, 0.25) is 0 Å². The van der Waals surface area contributed by atoms with E-state index >= 15 is 0 Å². The molecule has 0 rings (SSSR count). The molecule has 15 heavy (non-hydrogen) atoms. The van der Waals surface area contributed by atoms with Crippen molar-refractivity contribution >= 4 is 32.0 Å². The van der Waals surface area contributed by atoms with Crippen molar-refractivity contribution in [2.75, 3.05) is 25.6 Å². The lowest BCUT2D eigenvalue weighted by atomic mass is 10.6. The highest BCUT2D eigenvalue weighted by Gasteiger charge is 2.11. The van der Waals surface area contributed by atoms with Crippen LogP contribution in [-0.4, -0.2) is 35.1 Å². The van der Waals surface area contributed by atoms with Gasteiger partial charge >= 0.3 is 9.53 Å². The van der Waals surface area contributed by atoms with Crippen LogP contribution in [0.15, 0.2) is 0 Å². The minimum atomic E-state index is -1.73. The first-order valence-electron chi connectivity index (χ1n) is 5.37. The maximum absolute atomic E-state index is 5.22. The molecule has 0 fully saturated rings. The molecule has 0 aliphatic rings. The van der Waals surface area contributed by atoms with Crippen molar-refractivity contribution in [3.05, 3.63) is 0 Å². The van der Waals surface area contributed by atoms with Gasteiger partial charge in [-0.1, -0.05) is 17.7 Å². The average Bonchev–Trinajstić information content (AvgIpc) is 2.21. The van der Waals surface area contributed by atoms with Crippen molar-refractivity contribution in [1.82, 2.24) is 0 Å². The van der Waals surface area contributed by atoms with E-state index in [9.17, 15) is 0 Å². The molecule has 0 spiro atoms. The largest absolute Gasteiger partial charge is 0.484 e. The van der Waals surface area contributed by atoms with Crippen molar-refractivity contribution in [2.45, 2.75) is 34.1 Å². The fourth-order valence-corrected chi connectivity index (χ4v) is 2.48. The third kappa shape index (κ3) is 17.4. The van der Waals surface area contributed by atoms with Crippen LogP contribution in [0.1, 0.15) is 34.1 Å². The molecule has 0 saturated carbocycles. The molecule has 6 heteroatoms. The van der Waals surface area contributed by atoms with E-state index in [0.717, 1.165) is 0 Å². The Kier molecular flexibility index (Phi) is 20.8. The first kappa shape index (κ1) is 18.2. The SMILES string of the molecule is CCCSS.CCO[SiH](OCC)OCC. The number of thiol groups is 1. The molecule has 3 nitrogen and oxygen atoms in total. The molecule has 0 N–H and O–H groups in total. The van der Waals surface area contributed by atoms with Crippen molar-refractivity contribution in [2.24, 2.45) is 0 Å². The zero-order valence-electron chi connectivity index (χ0n) is 10.2. The van der Waals surface area contributed by atoms with Crippen LogP contribution >= 0.6 is 22.5 Å². The van der Waals surface area contributed by atoms with Crippen LogP contribution in [-0.2, 0) is 13.3 Å². The van der Waals surface area contributed by atoms with Crippen LogP contribution in [0.2, 0.25) is 0 Å². The monoisotopic (exact) mass is 272 g/mol. The summed E-state index contributed by atoms with van der Waals surface area (Å²) < 4.78 is 15.7. The highest BCUT2D eigenvalue weighted by Crippen LogP contribution is 2.04. The van der Waals surface area contributed by atoms with E-state index in [-0.39, 0.29) is 0 Å². The second kappa shape index (κ2) is 17.2. The maximum Gasteiger partial charge on any atom is 0.484 e. The number of hydrogen-bond donors (Lipinski definition) is 1. The van der Waals surface area contributed by atoms with Crippen LogP contribution in [0.25, 0.3) is 0 Å². The summed E-state index contributed by atoms with van der Waals surface area (Å²) in [6.45, 7) is 10.0. The maximum atomic E-state index is 5.22. The number of rotatable bonds is 8. The molecule has 0 unspecified atom stereocenters. The first-order valence-corrected chi connectivity index (χ1v) is 8.82. The Hall–Kier alpha value is 0.797. The molecule has 0 aromatic carbocycles. The summed E-state index contributed by atoms with van der Waals surface area (Å²) in [7, 11) is -0.138. The molecule has 0 aliphatic heterocycles. The Morgan fingerprint density at radius 1 is 0.933 bits per heavy atom. The average molecular weight is 273 g/mol. The van der Waals surface area contributed by atoms with Crippen LogP contribution in [0, 0.1) is 0 Å². The molecule has 0 amide bonds. The van der Waals surface area contributed by atoms with Crippen LogP contribution < -0.4 is 0 Å². The van der Waals surface area contributed by atoms with Gasteiger partial charge in [-0.25, -0.2) is 0 Å². The smallest absolute Gasteiger partial charge is 0.376 e. The van der Waals surface area contributed by atoms with E-state index in [1.54, 1.807) is 10.8 Å². The van der Waals surface area contributed by atoms with Crippen LogP contribution in [0.3, 0.4) is 0 Å². The molecular formula is C9H24O3S2Si.